The zero-order valence-electron chi connectivity index (χ0n) is 22.7. The molecule has 32 heavy (non-hydrogen) atoms. The molecule has 0 saturated carbocycles. The standard InChI is InChI=1S/C30H54O2/c1-25(2)15-11-17-27(5)19-13-23-29(7,31)21-9-10-22-30(8,32)24-14-20-28(6)18-12-16-26(3)4/h15-16,19-20,31-32H,9-14,17-18,21-24H2,1-8H3/b27-19+,28-20+. The van der Waals surface area contributed by atoms with Crippen LogP contribution >= 0.6 is 0 Å². The Morgan fingerprint density at radius 1 is 0.531 bits per heavy atom. The highest BCUT2D eigenvalue weighted by molar-refractivity contribution is 5.03. The van der Waals surface area contributed by atoms with Crippen LogP contribution in [-0.2, 0) is 0 Å². The van der Waals surface area contributed by atoms with Crippen LogP contribution in [0, 0.1) is 0 Å². The van der Waals surface area contributed by atoms with E-state index in [-0.39, 0.29) is 0 Å². The van der Waals surface area contributed by atoms with Crippen LogP contribution < -0.4 is 0 Å². The average molecular weight is 447 g/mol. The van der Waals surface area contributed by atoms with Crippen LogP contribution in [0.4, 0.5) is 0 Å². The summed E-state index contributed by atoms with van der Waals surface area (Å²) in [7, 11) is 0. The Kier molecular flexibility index (Phi) is 15.9. The third-order valence-corrected chi connectivity index (χ3v) is 6.21. The van der Waals surface area contributed by atoms with Gasteiger partial charge < -0.3 is 10.2 Å². The number of allylic oxidation sites excluding steroid dienone is 8. The largest absolute Gasteiger partial charge is 0.390 e. The first-order valence-corrected chi connectivity index (χ1v) is 12.9. The molecule has 2 unspecified atom stereocenters. The van der Waals surface area contributed by atoms with Crippen molar-refractivity contribution in [3.8, 4) is 0 Å². The number of unbranched alkanes of at least 4 members (excludes halogenated alkanes) is 1. The third kappa shape index (κ3) is 19.6. The summed E-state index contributed by atoms with van der Waals surface area (Å²) in [5.74, 6) is 0. The lowest BCUT2D eigenvalue weighted by Crippen LogP contribution is -2.25. The summed E-state index contributed by atoms with van der Waals surface area (Å²) in [6, 6.07) is 0. The zero-order valence-corrected chi connectivity index (χ0v) is 22.7. The molecule has 0 radical (unpaired) electrons. The van der Waals surface area contributed by atoms with E-state index in [2.05, 4.69) is 65.8 Å². The van der Waals surface area contributed by atoms with Gasteiger partial charge in [0.25, 0.3) is 0 Å². The molecule has 0 rings (SSSR count). The Balaban J connectivity index is 4.13. The lowest BCUT2D eigenvalue weighted by Gasteiger charge is -2.25. The minimum Gasteiger partial charge on any atom is -0.390 e. The van der Waals surface area contributed by atoms with Crippen LogP contribution in [0.1, 0.15) is 132 Å². The molecule has 2 N–H and O–H groups in total. The minimum atomic E-state index is -0.617. The topological polar surface area (TPSA) is 40.5 Å². The Hall–Kier alpha value is -1.12. The molecule has 2 atom stereocenters. The van der Waals surface area contributed by atoms with E-state index in [1.165, 1.54) is 22.3 Å². The Bertz CT molecular complexity index is 565. The van der Waals surface area contributed by atoms with Crippen LogP contribution in [0.5, 0.6) is 0 Å². The molecule has 0 spiro atoms. The summed E-state index contributed by atoms with van der Waals surface area (Å²) in [4.78, 5) is 0. The quantitative estimate of drug-likeness (QED) is 0.173. The van der Waals surface area contributed by atoms with Crippen molar-refractivity contribution in [2.75, 3.05) is 0 Å². The number of aliphatic hydroxyl groups is 2. The van der Waals surface area contributed by atoms with Crippen LogP contribution in [0.15, 0.2) is 46.6 Å². The zero-order chi connectivity index (χ0) is 24.6. The van der Waals surface area contributed by atoms with Crippen molar-refractivity contribution in [1.82, 2.24) is 0 Å². The molecule has 0 aliphatic rings. The van der Waals surface area contributed by atoms with Gasteiger partial charge >= 0.3 is 0 Å². The summed E-state index contributed by atoms with van der Waals surface area (Å²) in [5, 5.41) is 21.4. The second kappa shape index (κ2) is 16.5. The lowest BCUT2D eigenvalue weighted by atomic mass is 9.89. The van der Waals surface area contributed by atoms with Crippen molar-refractivity contribution in [2.45, 2.75) is 144 Å². The first-order valence-electron chi connectivity index (χ1n) is 12.9. The van der Waals surface area contributed by atoms with Gasteiger partial charge in [0, 0.05) is 0 Å². The first-order chi connectivity index (χ1) is 14.8. The lowest BCUT2D eigenvalue weighted by molar-refractivity contribution is 0.0258. The molecule has 2 heteroatoms. The van der Waals surface area contributed by atoms with E-state index in [1.807, 2.05) is 13.8 Å². The van der Waals surface area contributed by atoms with Gasteiger partial charge in [-0.2, -0.15) is 0 Å². The first kappa shape index (κ1) is 30.9. The third-order valence-electron chi connectivity index (χ3n) is 6.21. The van der Waals surface area contributed by atoms with Crippen molar-refractivity contribution in [3.63, 3.8) is 0 Å². The van der Waals surface area contributed by atoms with E-state index in [1.54, 1.807) is 0 Å². The Labute approximate surface area is 200 Å². The maximum atomic E-state index is 10.7. The fourth-order valence-electron chi connectivity index (χ4n) is 3.90. The molecule has 0 saturated heterocycles. The molecule has 186 valence electrons. The molecular weight excluding hydrogens is 392 g/mol. The summed E-state index contributed by atoms with van der Waals surface area (Å²) >= 11 is 0. The molecule has 0 amide bonds. The van der Waals surface area contributed by atoms with E-state index in [0.29, 0.717) is 0 Å². The van der Waals surface area contributed by atoms with Gasteiger partial charge in [0.2, 0.25) is 0 Å². The van der Waals surface area contributed by atoms with Crippen LogP contribution in [0.25, 0.3) is 0 Å². The normalized spacial score (nSPS) is 16.3. The monoisotopic (exact) mass is 446 g/mol. The average Bonchev–Trinajstić information content (AvgIpc) is 2.64. The van der Waals surface area contributed by atoms with E-state index < -0.39 is 11.2 Å². The number of hydrogen-bond acceptors (Lipinski definition) is 2. The molecule has 0 fully saturated rings. The van der Waals surface area contributed by atoms with Gasteiger partial charge in [-0.05, 0) is 120 Å². The molecule has 2 nitrogen and oxygen atoms in total. The van der Waals surface area contributed by atoms with Crippen LogP contribution in [0.3, 0.4) is 0 Å². The van der Waals surface area contributed by atoms with E-state index in [9.17, 15) is 10.2 Å². The molecule has 0 aliphatic carbocycles. The predicted octanol–water partition coefficient (Wildman–Crippen LogP) is 8.99. The smallest absolute Gasteiger partial charge is 0.0622 e. The van der Waals surface area contributed by atoms with Gasteiger partial charge in [-0.3, -0.25) is 0 Å². The molecular formula is C30H54O2. The van der Waals surface area contributed by atoms with Crippen molar-refractivity contribution >= 4 is 0 Å². The molecule has 0 heterocycles. The van der Waals surface area contributed by atoms with Crippen LogP contribution in [0.2, 0.25) is 0 Å². The van der Waals surface area contributed by atoms with Gasteiger partial charge in [0.1, 0.15) is 0 Å². The molecule has 0 aliphatic heterocycles. The molecule has 0 aromatic heterocycles. The van der Waals surface area contributed by atoms with Crippen LogP contribution in [-0.4, -0.2) is 21.4 Å². The number of rotatable bonds is 17. The van der Waals surface area contributed by atoms with E-state index in [4.69, 9.17) is 0 Å². The summed E-state index contributed by atoms with van der Waals surface area (Å²) in [5.41, 5.74) is 4.34. The summed E-state index contributed by atoms with van der Waals surface area (Å²) in [6.45, 7) is 16.9. The summed E-state index contributed by atoms with van der Waals surface area (Å²) < 4.78 is 0. The van der Waals surface area contributed by atoms with Crippen molar-refractivity contribution in [1.29, 1.82) is 0 Å². The fourth-order valence-corrected chi connectivity index (χ4v) is 3.90. The van der Waals surface area contributed by atoms with Crippen molar-refractivity contribution in [2.24, 2.45) is 0 Å². The SMILES string of the molecule is CC(C)=CCC/C(C)=C/CCC(C)(O)CCCCC(C)(O)CC/C=C(\C)CCC=C(C)C. The van der Waals surface area contributed by atoms with Gasteiger partial charge in [0.15, 0.2) is 0 Å². The maximum Gasteiger partial charge on any atom is 0.0622 e. The van der Waals surface area contributed by atoms with E-state index >= 15 is 0 Å². The second-order valence-corrected chi connectivity index (χ2v) is 11.0. The van der Waals surface area contributed by atoms with Crippen molar-refractivity contribution in [3.05, 3.63) is 46.6 Å². The van der Waals surface area contributed by atoms with Gasteiger partial charge in [-0.15, -0.1) is 0 Å². The van der Waals surface area contributed by atoms with Gasteiger partial charge in [-0.1, -0.05) is 59.4 Å². The fraction of sp³-hybridized carbons (Fsp3) is 0.733. The highest BCUT2D eigenvalue weighted by Crippen LogP contribution is 2.25. The van der Waals surface area contributed by atoms with Crippen molar-refractivity contribution < 1.29 is 10.2 Å². The number of hydrogen-bond donors (Lipinski definition) is 2. The second-order valence-electron chi connectivity index (χ2n) is 11.0. The Morgan fingerprint density at radius 3 is 1.19 bits per heavy atom. The van der Waals surface area contributed by atoms with E-state index in [0.717, 1.165) is 77.0 Å². The van der Waals surface area contributed by atoms with Gasteiger partial charge in [0.05, 0.1) is 11.2 Å². The minimum absolute atomic E-state index is 0.617. The summed E-state index contributed by atoms with van der Waals surface area (Å²) in [6.07, 6.45) is 20.6. The highest BCUT2D eigenvalue weighted by Gasteiger charge is 2.22. The van der Waals surface area contributed by atoms with Gasteiger partial charge in [-0.25, -0.2) is 0 Å². The Morgan fingerprint density at radius 2 is 0.875 bits per heavy atom. The molecule has 0 aromatic rings. The predicted molar refractivity (Wildman–Crippen MR) is 143 cm³/mol. The molecule has 0 aromatic carbocycles. The maximum absolute atomic E-state index is 10.7. The highest BCUT2D eigenvalue weighted by atomic mass is 16.3. The molecule has 0 bridgehead atoms.